The van der Waals surface area contributed by atoms with E-state index in [1.807, 2.05) is 20.8 Å². The summed E-state index contributed by atoms with van der Waals surface area (Å²) < 4.78 is 15.8. The number of aliphatic hydroxyl groups is 1. The van der Waals surface area contributed by atoms with Gasteiger partial charge in [0.1, 0.15) is 0 Å². The van der Waals surface area contributed by atoms with Gasteiger partial charge in [0.05, 0.1) is 0 Å². The second kappa shape index (κ2) is 16.3. The number of aliphatic carboxylic acids is 1. The second-order valence-corrected chi connectivity index (χ2v) is 3.00. The molecule has 0 amide bonds. The molecule has 0 aliphatic heterocycles. The first-order chi connectivity index (χ1) is 8.33. The summed E-state index contributed by atoms with van der Waals surface area (Å²) in [5, 5.41) is 15.0. The van der Waals surface area contributed by atoms with Crippen molar-refractivity contribution in [1.29, 1.82) is 0 Å². The molecule has 18 heavy (non-hydrogen) atoms. The van der Waals surface area contributed by atoms with Gasteiger partial charge in [0.25, 0.3) is 11.9 Å². The van der Waals surface area contributed by atoms with E-state index < -0.39 is 11.9 Å². The zero-order chi connectivity index (χ0) is 15.0. The van der Waals surface area contributed by atoms with Gasteiger partial charge in [-0.1, -0.05) is 0 Å². The van der Waals surface area contributed by atoms with Crippen molar-refractivity contribution < 1.29 is 29.2 Å². The van der Waals surface area contributed by atoms with Gasteiger partial charge in [-0.05, 0) is 27.7 Å². The minimum atomic E-state index is -0.849. The lowest BCUT2D eigenvalue weighted by Gasteiger charge is -2.27. The Bertz CT molecular complexity index is 151. The summed E-state index contributed by atoms with van der Waals surface area (Å²) in [6.45, 7) is 12.3. The molecular formula is C12H28O6. The molecule has 6 heteroatoms. The van der Waals surface area contributed by atoms with Crippen molar-refractivity contribution in [3.05, 3.63) is 0 Å². The van der Waals surface area contributed by atoms with Crippen LogP contribution in [-0.4, -0.2) is 48.6 Å². The number of carboxylic acids is 1. The molecule has 0 aromatic heterocycles. The third-order valence-corrected chi connectivity index (χ3v) is 1.22. The van der Waals surface area contributed by atoms with E-state index in [1.54, 1.807) is 13.8 Å². The first-order valence-corrected chi connectivity index (χ1v) is 6.05. The van der Waals surface area contributed by atoms with Crippen molar-refractivity contribution in [2.75, 3.05) is 26.4 Å². The lowest BCUT2D eigenvalue weighted by Crippen LogP contribution is -2.35. The summed E-state index contributed by atoms with van der Waals surface area (Å²) in [5.41, 5.74) is 0. The van der Waals surface area contributed by atoms with Crippen LogP contribution in [0.2, 0.25) is 0 Å². The lowest BCUT2D eigenvalue weighted by atomic mass is 10.6. The summed E-state index contributed by atoms with van der Waals surface area (Å²) in [6, 6.07) is 0. The van der Waals surface area contributed by atoms with Crippen molar-refractivity contribution in [2.24, 2.45) is 0 Å². The maximum absolute atomic E-state index is 9.00. The smallest absolute Gasteiger partial charge is 0.300 e. The zero-order valence-electron chi connectivity index (χ0n) is 12.4. The summed E-state index contributed by atoms with van der Waals surface area (Å²) >= 11 is 0. The van der Waals surface area contributed by atoms with E-state index >= 15 is 0 Å². The molecule has 0 saturated heterocycles. The van der Waals surface area contributed by atoms with Gasteiger partial charge in [0, 0.05) is 40.3 Å². The van der Waals surface area contributed by atoms with Crippen LogP contribution in [0.4, 0.5) is 0 Å². The second-order valence-electron chi connectivity index (χ2n) is 3.00. The minimum absolute atomic E-state index is 0.250. The van der Waals surface area contributed by atoms with Crippen LogP contribution in [0, 0.1) is 0 Å². The largest absolute Gasteiger partial charge is 0.481 e. The Balaban J connectivity index is -0.000000266. The van der Waals surface area contributed by atoms with Gasteiger partial charge in [0.2, 0.25) is 0 Å². The van der Waals surface area contributed by atoms with Gasteiger partial charge in [-0.2, -0.15) is 0 Å². The first kappa shape index (κ1) is 22.5. The number of carboxylic acid groups (broad SMARTS) is 1. The Kier molecular flexibility index (Phi) is 20.4. The normalized spacial score (nSPS) is 9.72. The maximum atomic E-state index is 9.00. The molecule has 0 spiro atoms. The number of carbonyl (C=O) groups is 1. The number of hydrogen-bond acceptors (Lipinski definition) is 5. The Morgan fingerprint density at radius 1 is 1.00 bits per heavy atom. The molecule has 6 nitrogen and oxygen atoms in total. The van der Waals surface area contributed by atoms with E-state index in [9.17, 15) is 0 Å². The average molecular weight is 268 g/mol. The highest BCUT2D eigenvalue weighted by atomic mass is 16.9. The third kappa shape index (κ3) is 24.5. The van der Waals surface area contributed by atoms with Crippen LogP contribution in [0.3, 0.4) is 0 Å². The number of rotatable bonds is 6. The molecule has 0 rings (SSSR count). The molecular weight excluding hydrogens is 240 g/mol. The van der Waals surface area contributed by atoms with E-state index in [1.165, 1.54) is 0 Å². The Morgan fingerprint density at radius 3 is 1.28 bits per heavy atom. The number of ether oxygens (including phenoxy) is 3. The number of aliphatic hydroxyl groups excluding tert-OH is 1. The van der Waals surface area contributed by atoms with Gasteiger partial charge in [-0.25, -0.2) is 0 Å². The monoisotopic (exact) mass is 268 g/mol. The van der Waals surface area contributed by atoms with Crippen molar-refractivity contribution in [3.63, 3.8) is 0 Å². The first-order valence-electron chi connectivity index (χ1n) is 6.05. The quantitative estimate of drug-likeness (QED) is 0.715. The predicted octanol–water partition coefficient (Wildman–Crippen LogP) is 1.86. The van der Waals surface area contributed by atoms with Gasteiger partial charge in [-0.3, -0.25) is 4.79 Å². The van der Waals surface area contributed by atoms with Crippen molar-refractivity contribution >= 4 is 5.97 Å². The lowest BCUT2D eigenvalue weighted by molar-refractivity contribution is -0.365. The molecule has 0 bridgehead atoms. The predicted molar refractivity (Wildman–Crippen MR) is 69.4 cm³/mol. The molecule has 0 radical (unpaired) electrons. The summed E-state index contributed by atoms with van der Waals surface area (Å²) in [6.07, 6.45) is 0. The molecule has 0 aliphatic rings. The molecule has 2 N–H and O–H groups in total. The highest BCUT2D eigenvalue weighted by Gasteiger charge is 2.24. The SMILES string of the molecule is CC(=O)O.CCO.CCOC(C)(OCC)OCC. The Morgan fingerprint density at radius 2 is 1.17 bits per heavy atom. The minimum Gasteiger partial charge on any atom is -0.481 e. The molecule has 0 fully saturated rings. The third-order valence-electron chi connectivity index (χ3n) is 1.22. The summed E-state index contributed by atoms with van der Waals surface area (Å²) in [4.78, 5) is 9.00. The van der Waals surface area contributed by atoms with E-state index in [-0.39, 0.29) is 6.61 Å². The standard InChI is InChI=1S/C8H18O3.C2H4O2.C2H6O/c1-5-9-8(4,10-6-2)11-7-3;1-2(3)4;1-2-3/h5-7H2,1-4H3;1H3,(H,3,4);3H,2H2,1H3. The van der Waals surface area contributed by atoms with Gasteiger partial charge in [-0.15, -0.1) is 0 Å². The summed E-state index contributed by atoms with van der Waals surface area (Å²) in [7, 11) is 0. The summed E-state index contributed by atoms with van der Waals surface area (Å²) in [5.74, 6) is -1.68. The average Bonchev–Trinajstić information content (AvgIpc) is 2.18. The molecule has 0 heterocycles. The van der Waals surface area contributed by atoms with Crippen LogP contribution in [0.5, 0.6) is 0 Å². The maximum Gasteiger partial charge on any atom is 0.300 e. The van der Waals surface area contributed by atoms with Crippen LogP contribution in [0.1, 0.15) is 41.5 Å². The van der Waals surface area contributed by atoms with Crippen LogP contribution in [0.15, 0.2) is 0 Å². The number of hydrogen-bond donors (Lipinski definition) is 2. The Hall–Kier alpha value is -0.690. The topological polar surface area (TPSA) is 85.2 Å². The van der Waals surface area contributed by atoms with E-state index in [0.717, 1.165) is 6.92 Å². The Labute approximate surface area is 110 Å². The molecule has 0 aliphatic carbocycles. The van der Waals surface area contributed by atoms with Gasteiger partial charge >= 0.3 is 0 Å². The molecule has 0 atom stereocenters. The van der Waals surface area contributed by atoms with E-state index in [0.29, 0.717) is 19.8 Å². The van der Waals surface area contributed by atoms with Gasteiger partial charge < -0.3 is 24.4 Å². The van der Waals surface area contributed by atoms with Crippen LogP contribution in [-0.2, 0) is 19.0 Å². The zero-order valence-corrected chi connectivity index (χ0v) is 12.4. The fourth-order valence-corrected chi connectivity index (χ4v) is 0.912. The molecule has 0 aromatic carbocycles. The highest BCUT2D eigenvalue weighted by molar-refractivity contribution is 5.62. The molecule has 0 unspecified atom stereocenters. The fraction of sp³-hybridized carbons (Fsp3) is 0.917. The van der Waals surface area contributed by atoms with Crippen molar-refractivity contribution in [3.8, 4) is 0 Å². The van der Waals surface area contributed by atoms with E-state index in [2.05, 4.69) is 0 Å². The molecule has 0 aromatic rings. The van der Waals surface area contributed by atoms with Crippen LogP contribution in [0.25, 0.3) is 0 Å². The fourth-order valence-electron chi connectivity index (χ4n) is 0.912. The van der Waals surface area contributed by atoms with Crippen molar-refractivity contribution in [1.82, 2.24) is 0 Å². The molecule has 0 saturated carbocycles. The van der Waals surface area contributed by atoms with Crippen LogP contribution < -0.4 is 0 Å². The van der Waals surface area contributed by atoms with Crippen LogP contribution >= 0.6 is 0 Å². The van der Waals surface area contributed by atoms with Gasteiger partial charge in [0.15, 0.2) is 0 Å². The molecule has 112 valence electrons. The highest BCUT2D eigenvalue weighted by Crippen LogP contribution is 2.13. The van der Waals surface area contributed by atoms with Crippen molar-refractivity contribution in [2.45, 2.75) is 47.5 Å². The van der Waals surface area contributed by atoms with E-state index in [4.69, 9.17) is 29.2 Å².